The SMILES string of the molecule is COc1cccc(C2CC(C(=O)NCc3ccc(SC)cc3)NN2)c1. The Morgan fingerprint density at radius 1 is 1.24 bits per heavy atom. The van der Waals surface area contributed by atoms with Gasteiger partial charge in [0.05, 0.1) is 7.11 Å². The van der Waals surface area contributed by atoms with Gasteiger partial charge in [-0.1, -0.05) is 24.3 Å². The molecule has 0 aromatic heterocycles. The number of hydrogen-bond donors (Lipinski definition) is 3. The van der Waals surface area contributed by atoms with Gasteiger partial charge < -0.3 is 10.1 Å². The molecule has 1 aliphatic rings. The van der Waals surface area contributed by atoms with Gasteiger partial charge >= 0.3 is 0 Å². The van der Waals surface area contributed by atoms with Crippen LogP contribution in [-0.2, 0) is 11.3 Å². The summed E-state index contributed by atoms with van der Waals surface area (Å²) >= 11 is 1.71. The van der Waals surface area contributed by atoms with E-state index in [0.29, 0.717) is 13.0 Å². The zero-order valence-electron chi connectivity index (χ0n) is 14.4. The molecule has 0 saturated carbocycles. The van der Waals surface area contributed by atoms with Crippen LogP contribution >= 0.6 is 11.8 Å². The maximum absolute atomic E-state index is 12.4. The molecule has 3 N–H and O–H groups in total. The molecule has 2 atom stereocenters. The Kier molecular flexibility index (Phi) is 5.96. The highest BCUT2D eigenvalue weighted by molar-refractivity contribution is 7.98. The summed E-state index contributed by atoms with van der Waals surface area (Å²) in [5, 5.41) is 3.00. The lowest BCUT2D eigenvalue weighted by atomic mass is 10.0. The van der Waals surface area contributed by atoms with Gasteiger partial charge in [0.15, 0.2) is 0 Å². The normalized spacial score (nSPS) is 19.6. The van der Waals surface area contributed by atoms with Crippen molar-refractivity contribution in [1.29, 1.82) is 0 Å². The molecule has 2 unspecified atom stereocenters. The maximum Gasteiger partial charge on any atom is 0.238 e. The van der Waals surface area contributed by atoms with E-state index in [1.54, 1.807) is 18.9 Å². The van der Waals surface area contributed by atoms with Crippen molar-refractivity contribution in [2.24, 2.45) is 0 Å². The number of hydrazine groups is 1. The summed E-state index contributed by atoms with van der Waals surface area (Å²) in [7, 11) is 1.65. The van der Waals surface area contributed by atoms with Crippen LogP contribution in [0.2, 0.25) is 0 Å². The molecule has 1 fully saturated rings. The largest absolute Gasteiger partial charge is 0.497 e. The molecule has 2 aromatic carbocycles. The van der Waals surface area contributed by atoms with Gasteiger partial charge in [0, 0.05) is 17.5 Å². The van der Waals surface area contributed by atoms with Gasteiger partial charge in [-0.25, -0.2) is 10.9 Å². The van der Waals surface area contributed by atoms with Gasteiger partial charge in [0.25, 0.3) is 0 Å². The van der Waals surface area contributed by atoms with Crippen LogP contribution in [0.25, 0.3) is 0 Å². The Balaban J connectivity index is 1.53. The summed E-state index contributed by atoms with van der Waals surface area (Å²) in [6.45, 7) is 0.537. The van der Waals surface area contributed by atoms with Crippen molar-refractivity contribution in [1.82, 2.24) is 16.2 Å². The van der Waals surface area contributed by atoms with E-state index < -0.39 is 0 Å². The van der Waals surface area contributed by atoms with Gasteiger partial charge in [-0.3, -0.25) is 4.79 Å². The Morgan fingerprint density at radius 2 is 2.04 bits per heavy atom. The summed E-state index contributed by atoms with van der Waals surface area (Å²) in [6, 6.07) is 16.0. The molecule has 1 saturated heterocycles. The third kappa shape index (κ3) is 4.54. The van der Waals surface area contributed by atoms with Crippen LogP contribution in [0.3, 0.4) is 0 Å². The van der Waals surface area contributed by atoms with E-state index in [2.05, 4.69) is 28.3 Å². The molecule has 132 valence electrons. The maximum atomic E-state index is 12.4. The third-order valence-electron chi connectivity index (χ3n) is 4.34. The minimum atomic E-state index is -0.248. The number of carbonyl (C=O) groups excluding carboxylic acids is 1. The van der Waals surface area contributed by atoms with Gasteiger partial charge in [-0.2, -0.15) is 0 Å². The van der Waals surface area contributed by atoms with Crippen molar-refractivity contribution >= 4 is 17.7 Å². The molecule has 2 aromatic rings. The number of ether oxygens (including phenoxy) is 1. The van der Waals surface area contributed by atoms with Crippen molar-refractivity contribution in [2.75, 3.05) is 13.4 Å². The number of hydrogen-bond acceptors (Lipinski definition) is 5. The Labute approximate surface area is 152 Å². The van der Waals surface area contributed by atoms with E-state index in [9.17, 15) is 4.79 Å². The van der Waals surface area contributed by atoms with Crippen LogP contribution in [0.1, 0.15) is 23.6 Å². The lowest BCUT2D eigenvalue weighted by molar-refractivity contribution is -0.123. The molecule has 0 aliphatic carbocycles. The first kappa shape index (κ1) is 17.8. The molecular weight excluding hydrogens is 334 g/mol. The molecule has 0 bridgehead atoms. The smallest absolute Gasteiger partial charge is 0.238 e. The summed E-state index contributed by atoms with van der Waals surface area (Å²) < 4.78 is 5.26. The second-order valence-corrected chi connectivity index (χ2v) is 6.85. The quantitative estimate of drug-likeness (QED) is 0.694. The fourth-order valence-electron chi connectivity index (χ4n) is 2.86. The highest BCUT2D eigenvalue weighted by Crippen LogP contribution is 2.25. The van der Waals surface area contributed by atoms with Gasteiger partial charge in [0.1, 0.15) is 11.8 Å². The van der Waals surface area contributed by atoms with Crippen LogP contribution < -0.4 is 20.9 Å². The molecule has 6 heteroatoms. The third-order valence-corrected chi connectivity index (χ3v) is 5.09. The van der Waals surface area contributed by atoms with Crippen molar-refractivity contribution in [3.8, 4) is 5.75 Å². The first-order chi connectivity index (χ1) is 12.2. The van der Waals surface area contributed by atoms with Crippen LogP contribution in [0, 0.1) is 0 Å². The predicted molar refractivity (Wildman–Crippen MR) is 100 cm³/mol. The number of carbonyl (C=O) groups is 1. The van der Waals surface area contributed by atoms with Crippen molar-refractivity contribution in [2.45, 2.75) is 29.9 Å². The Morgan fingerprint density at radius 3 is 2.76 bits per heavy atom. The summed E-state index contributed by atoms with van der Waals surface area (Å²) in [6.07, 6.45) is 2.75. The lowest BCUT2D eigenvalue weighted by Gasteiger charge is -2.11. The number of rotatable bonds is 6. The van der Waals surface area contributed by atoms with E-state index >= 15 is 0 Å². The molecule has 0 radical (unpaired) electrons. The van der Waals surface area contributed by atoms with Gasteiger partial charge in [-0.05, 0) is 48.1 Å². The fourth-order valence-corrected chi connectivity index (χ4v) is 3.27. The average molecular weight is 357 g/mol. The predicted octanol–water partition coefficient (Wildman–Crippen LogP) is 2.64. The van der Waals surface area contributed by atoms with E-state index in [0.717, 1.165) is 16.9 Å². The summed E-state index contributed by atoms with van der Waals surface area (Å²) in [5.41, 5.74) is 8.49. The zero-order chi connectivity index (χ0) is 17.6. The molecule has 1 heterocycles. The highest BCUT2D eigenvalue weighted by Gasteiger charge is 2.30. The van der Waals surface area contributed by atoms with Crippen LogP contribution in [-0.4, -0.2) is 25.3 Å². The van der Waals surface area contributed by atoms with Crippen molar-refractivity contribution < 1.29 is 9.53 Å². The monoisotopic (exact) mass is 357 g/mol. The second-order valence-electron chi connectivity index (χ2n) is 5.97. The molecule has 3 rings (SSSR count). The molecule has 0 spiro atoms. The number of amides is 1. The van der Waals surface area contributed by atoms with Crippen molar-refractivity contribution in [3.63, 3.8) is 0 Å². The lowest BCUT2D eigenvalue weighted by Crippen LogP contribution is -2.42. The van der Waals surface area contributed by atoms with E-state index in [-0.39, 0.29) is 18.0 Å². The topological polar surface area (TPSA) is 62.4 Å². The highest BCUT2D eigenvalue weighted by atomic mass is 32.2. The molecular formula is C19H23N3O2S. The zero-order valence-corrected chi connectivity index (χ0v) is 15.2. The van der Waals surface area contributed by atoms with Crippen LogP contribution in [0.4, 0.5) is 0 Å². The number of benzene rings is 2. The molecule has 25 heavy (non-hydrogen) atoms. The van der Waals surface area contributed by atoms with E-state index in [4.69, 9.17) is 4.74 Å². The first-order valence-corrected chi connectivity index (χ1v) is 9.47. The van der Waals surface area contributed by atoms with Gasteiger partial charge in [-0.15, -0.1) is 11.8 Å². The summed E-state index contributed by atoms with van der Waals surface area (Å²) in [5.74, 6) is 0.827. The minimum Gasteiger partial charge on any atom is -0.497 e. The van der Waals surface area contributed by atoms with E-state index in [1.165, 1.54) is 4.90 Å². The summed E-state index contributed by atoms with van der Waals surface area (Å²) in [4.78, 5) is 13.6. The number of thioether (sulfide) groups is 1. The molecule has 5 nitrogen and oxygen atoms in total. The molecule has 1 aliphatic heterocycles. The van der Waals surface area contributed by atoms with Crippen LogP contribution in [0.5, 0.6) is 5.75 Å². The van der Waals surface area contributed by atoms with Gasteiger partial charge in [0.2, 0.25) is 5.91 Å². The first-order valence-electron chi connectivity index (χ1n) is 8.25. The Hall–Kier alpha value is -2.02. The average Bonchev–Trinajstić information content (AvgIpc) is 3.17. The number of methoxy groups -OCH3 is 1. The number of nitrogens with one attached hydrogen (secondary N) is 3. The molecule has 1 amide bonds. The standard InChI is InChI=1S/C19H23N3O2S/c1-24-15-5-3-4-14(10-15)17-11-18(22-21-17)19(23)20-12-13-6-8-16(25-2)9-7-13/h3-10,17-18,21-22H,11-12H2,1-2H3,(H,20,23). The minimum absolute atomic E-state index is 0.00633. The van der Waals surface area contributed by atoms with Crippen molar-refractivity contribution in [3.05, 3.63) is 59.7 Å². The van der Waals surface area contributed by atoms with Crippen LogP contribution in [0.15, 0.2) is 53.4 Å². The fraction of sp³-hybridized carbons (Fsp3) is 0.316. The second kappa shape index (κ2) is 8.38. The Bertz CT molecular complexity index is 721. The van der Waals surface area contributed by atoms with E-state index in [1.807, 2.05) is 42.7 Å².